The number of nitrogens with zero attached hydrogens (tertiary/aromatic N) is 1. The van der Waals surface area contributed by atoms with Crippen molar-refractivity contribution in [2.45, 2.75) is 16.9 Å². The minimum Gasteiger partial charge on any atom is -0.475 e. The molecule has 0 aliphatic heterocycles. The molecular formula is C12H9NO5S. The largest absolute Gasteiger partial charge is 0.475 e. The Bertz CT molecular complexity index is 649. The number of aryl methyl sites for hydroxylation is 1. The summed E-state index contributed by atoms with van der Waals surface area (Å²) < 4.78 is 5.08. The number of nitro groups is 1. The van der Waals surface area contributed by atoms with Gasteiger partial charge in [0.1, 0.15) is 0 Å². The Morgan fingerprint density at radius 1 is 1.37 bits per heavy atom. The van der Waals surface area contributed by atoms with Crippen LogP contribution in [0.25, 0.3) is 0 Å². The maximum Gasteiger partial charge on any atom is 0.371 e. The summed E-state index contributed by atoms with van der Waals surface area (Å²) in [6, 6.07) is 7.51. The van der Waals surface area contributed by atoms with Crippen molar-refractivity contribution in [1.82, 2.24) is 0 Å². The minimum absolute atomic E-state index is 0.00693. The van der Waals surface area contributed by atoms with E-state index in [4.69, 9.17) is 9.52 Å². The minimum atomic E-state index is -1.15. The third-order valence-electron chi connectivity index (χ3n) is 2.26. The first-order valence-corrected chi connectivity index (χ1v) is 6.04. The summed E-state index contributed by atoms with van der Waals surface area (Å²) in [5, 5.41) is 19.9. The molecule has 0 bridgehead atoms. The van der Waals surface area contributed by atoms with Gasteiger partial charge >= 0.3 is 5.97 Å². The lowest BCUT2D eigenvalue weighted by atomic mass is 10.2. The summed E-state index contributed by atoms with van der Waals surface area (Å²) in [7, 11) is 0. The molecule has 2 aromatic rings. The molecule has 0 fully saturated rings. The van der Waals surface area contributed by atoms with Crippen LogP contribution in [0.2, 0.25) is 0 Å². The van der Waals surface area contributed by atoms with Gasteiger partial charge in [0.05, 0.1) is 4.92 Å². The van der Waals surface area contributed by atoms with Crippen molar-refractivity contribution in [2.24, 2.45) is 0 Å². The molecule has 98 valence electrons. The van der Waals surface area contributed by atoms with E-state index >= 15 is 0 Å². The van der Waals surface area contributed by atoms with Crippen molar-refractivity contribution < 1.29 is 19.2 Å². The number of furan rings is 1. The number of hydrogen-bond donors (Lipinski definition) is 1. The topological polar surface area (TPSA) is 93.6 Å². The molecule has 19 heavy (non-hydrogen) atoms. The van der Waals surface area contributed by atoms with Gasteiger partial charge in [0.15, 0.2) is 5.09 Å². The lowest BCUT2D eigenvalue weighted by Crippen LogP contribution is -1.91. The standard InChI is InChI=1S/C12H9NO5S/c1-7-4-8(13(16)17)6-9(5-7)19-11-3-2-10(18-11)12(14)15/h2-6H,1H3,(H,14,15). The summed E-state index contributed by atoms with van der Waals surface area (Å²) in [4.78, 5) is 21.6. The van der Waals surface area contributed by atoms with Crippen LogP contribution in [-0.4, -0.2) is 16.0 Å². The van der Waals surface area contributed by atoms with Crippen molar-refractivity contribution in [2.75, 3.05) is 0 Å². The van der Waals surface area contributed by atoms with Crippen LogP contribution in [0.15, 0.2) is 44.7 Å². The zero-order chi connectivity index (χ0) is 14.0. The molecule has 0 amide bonds. The van der Waals surface area contributed by atoms with Crippen molar-refractivity contribution in [3.8, 4) is 0 Å². The smallest absolute Gasteiger partial charge is 0.371 e. The van der Waals surface area contributed by atoms with Gasteiger partial charge in [-0.3, -0.25) is 10.1 Å². The molecule has 0 radical (unpaired) electrons. The molecule has 0 aliphatic carbocycles. The number of hydrogen-bond acceptors (Lipinski definition) is 5. The molecule has 1 N–H and O–H groups in total. The highest BCUT2D eigenvalue weighted by atomic mass is 32.2. The average Bonchev–Trinajstić information content (AvgIpc) is 2.76. The molecule has 1 heterocycles. The van der Waals surface area contributed by atoms with E-state index in [1.165, 1.54) is 24.3 Å². The Hall–Kier alpha value is -2.28. The Morgan fingerprint density at radius 2 is 2.11 bits per heavy atom. The maximum absolute atomic E-state index is 10.7. The van der Waals surface area contributed by atoms with Gasteiger partial charge in [0, 0.05) is 17.0 Å². The molecule has 0 saturated heterocycles. The average molecular weight is 279 g/mol. The number of benzene rings is 1. The summed E-state index contributed by atoms with van der Waals surface area (Å²) in [5.74, 6) is -1.31. The number of non-ortho nitro benzene ring substituents is 1. The van der Waals surface area contributed by atoms with E-state index in [0.29, 0.717) is 9.99 Å². The van der Waals surface area contributed by atoms with Crippen LogP contribution < -0.4 is 0 Å². The second kappa shape index (κ2) is 5.15. The quantitative estimate of drug-likeness (QED) is 0.681. The van der Waals surface area contributed by atoms with Crippen LogP contribution in [0.4, 0.5) is 5.69 Å². The summed E-state index contributed by atoms with van der Waals surface area (Å²) in [5.41, 5.74) is 0.745. The maximum atomic E-state index is 10.7. The monoisotopic (exact) mass is 279 g/mol. The van der Waals surface area contributed by atoms with Gasteiger partial charge in [-0.2, -0.15) is 0 Å². The lowest BCUT2D eigenvalue weighted by Gasteiger charge is -2.00. The van der Waals surface area contributed by atoms with Crippen LogP contribution in [0.1, 0.15) is 16.1 Å². The van der Waals surface area contributed by atoms with Crippen molar-refractivity contribution >= 4 is 23.4 Å². The molecule has 7 heteroatoms. The number of aromatic carboxylic acids is 1. The van der Waals surface area contributed by atoms with Crippen LogP contribution in [0.3, 0.4) is 0 Å². The lowest BCUT2D eigenvalue weighted by molar-refractivity contribution is -0.385. The Labute approximate surface area is 112 Å². The second-order valence-electron chi connectivity index (χ2n) is 3.79. The summed E-state index contributed by atoms with van der Waals surface area (Å²) in [6.07, 6.45) is 0. The van der Waals surface area contributed by atoms with E-state index in [-0.39, 0.29) is 11.4 Å². The van der Waals surface area contributed by atoms with Gasteiger partial charge in [-0.15, -0.1) is 0 Å². The van der Waals surface area contributed by atoms with Gasteiger partial charge < -0.3 is 9.52 Å². The molecule has 0 spiro atoms. The van der Waals surface area contributed by atoms with E-state index in [9.17, 15) is 14.9 Å². The van der Waals surface area contributed by atoms with Gasteiger partial charge in [-0.05, 0) is 30.7 Å². The first kappa shape index (κ1) is 13.2. The van der Waals surface area contributed by atoms with Gasteiger partial charge in [0.25, 0.3) is 5.69 Å². The van der Waals surface area contributed by atoms with E-state index in [2.05, 4.69) is 0 Å². The predicted octanol–water partition coefficient (Wildman–Crippen LogP) is 3.35. The van der Waals surface area contributed by atoms with Crippen LogP contribution in [-0.2, 0) is 0 Å². The highest BCUT2D eigenvalue weighted by Crippen LogP contribution is 2.32. The zero-order valence-corrected chi connectivity index (χ0v) is 10.6. The third kappa shape index (κ3) is 3.14. The van der Waals surface area contributed by atoms with Crippen LogP contribution >= 0.6 is 11.8 Å². The molecule has 0 unspecified atom stereocenters. The molecule has 1 aromatic carbocycles. The molecule has 0 saturated carbocycles. The van der Waals surface area contributed by atoms with Crippen molar-refractivity contribution in [1.29, 1.82) is 0 Å². The SMILES string of the molecule is Cc1cc(Sc2ccc(C(=O)O)o2)cc([N+](=O)[O-])c1. The number of carboxylic acid groups (broad SMARTS) is 1. The van der Waals surface area contributed by atoms with Gasteiger partial charge in [-0.25, -0.2) is 4.79 Å². The van der Waals surface area contributed by atoms with E-state index in [1.54, 1.807) is 13.0 Å². The third-order valence-corrected chi connectivity index (χ3v) is 3.15. The van der Waals surface area contributed by atoms with Crippen molar-refractivity contribution in [3.05, 3.63) is 51.8 Å². The van der Waals surface area contributed by atoms with E-state index in [1.807, 2.05) is 0 Å². The fraction of sp³-hybridized carbons (Fsp3) is 0.0833. The normalized spacial score (nSPS) is 10.4. The Balaban J connectivity index is 2.27. The molecule has 6 nitrogen and oxygen atoms in total. The van der Waals surface area contributed by atoms with Crippen LogP contribution in [0.5, 0.6) is 0 Å². The Kier molecular flexibility index (Phi) is 3.57. The highest BCUT2D eigenvalue weighted by Gasteiger charge is 2.13. The van der Waals surface area contributed by atoms with Crippen molar-refractivity contribution in [3.63, 3.8) is 0 Å². The Morgan fingerprint density at radius 3 is 2.68 bits per heavy atom. The summed E-state index contributed by atoms with van der Waals surface area (Å²) >= 11 is 1.14. The van der Waals surface area contributed by atoms with E-state index in [0.717, 1.165) is 17.3 Å². The second-order valence-corrected chi connectivity index (χ2v) is 4.87. The highest BCUT2D eigenvalue weighted by molar-refractivity contribution is 7.99. The summed E-state index contributed by atoms with van der Waals surface area (Å²) in [6.45, 7) is 1.75. The van der Waals surface area contributed by atoms with Gasteiger partial charge in [-0.1, -0.05) is 11.8 Å². The fourth-order valence-corrected chi connectivity index (χ4v) is 2.42. The first-order chi connectivity index (χ1) is 8.95. The molecule has 0 aliphatic rings. The molecule has 0 atom stereocenters. The fourth-order valence-electron chi connectivity index (χ4n) is 1.50. The molecular weight excluding hydrogens is 270 g/mol. The number of nitro benzene ring substituents is 1. The van der Waals surface area contributed by atoms with Gasteiger partial charge in [0.2, 0.25) is 5.76 Å². The zero-order valence-electron chi connectivity index (χ0n) is 9.82. The number of rotatable bonds is 4. The number of carbonyl (C=O) groups is 1. The molecule has 2 rings (SSSR count). The molecule has 1 aromatic heterocycles. The van der Waals surface area contributed by atoms with E-state index < -0.39 is 10.9 Å². The number of carboxylic acids is 1. The van der Waals surface area contributed by atoms with Crippen LogP contribution in [0, 0.1) is 17.0 Å². The predicted molar refractivity (Wildman–Crippen MR) is 67.6 cm³/mol. The first-order valence-electron chi connectivity index (χ1n) is 5.23.